The maximum absolute atomic E-state index is 12.3. The molecule has 0 spiro atoms. The highest BCUT2D eigenvalue weighted by Gasteiger charge is 2.16. The predicted octanol–water partition coefficient (Wildman–Crippen LogP) is 2.45. The molecular formula is C18H19ClN2O6. The van der Waals surface area contributed by atoms with Gasteiger partial charge in [0.2, 0.25) is 0 Å². The molecule has 2 amide bonds. The normalized spacial score (nSPS) is 9.96. The summed E-state index contributed by atoms with van der Waals surface area (Å²) in [4.78, 5) is 24.6. The molecule has 0 aromatic heterocycles. The summed E-state index contributed by atoms with van der Waals surface area (Å²) >= 11 is 6.08. The Bertz CT molecular complexity index is 834. The van der Waals surface area contributed by atoms with Gasteiger partial charge in [0, 0.05) is 17.2 Å². The smallest absolute Gasteiger partial charge is 0.269 e. The van der Waals surface area contributed by atoms with Crippen LogP contribution < -0.4 is 29.8 Å². The Kier molecular flexibility index (Phi) is 6.73. The van der Waals surface area contributed by atoms with Crippen molar-refractivity contribution < 1.29 is 28.5 Å². The number of benzene rings is 2. The lowest BCUT2D eigenvalue weighted by Crippen LogP contribution is -2.41. The second-order valence-corrected chi connectivity index (χ2v) is 5.61. The molecule has 2 aromatic carbocycles. The molecule has 0 radical (unpaired) electrons. The molecule has 8 nitrogen and oxygen atoms in total. The van der Waals surface area contributed by atoms with Crippen molar-refractivity contribution in [3.63, 3.8) is 0 Å². The molecule has 0 saturated heterocycles. The number of methoxy groups -OCH3 is 4. The van der Waals surface area contributed by atoms with Gasteiger partial charge in [-0.05, 0) is 24.3 Å². The van der Waals surface area contributed by atoms with Crippen LogP contribution >= 0.6 is 11.6 Å². The Balaban J connectivity index is 2.14. The molecule has 0 heterocycles. The Hall–Kier alpha value is -3.13. The van der Waals surface area contributed by atoms with E-state index in [1.54, 1.807) is 6.07 Å². The van der Waals surface area contributed by atoms with Gasteiger partial charge >= 0.3 is 0 Å². The van der Waals surface area contributed by atoms with E-state index in [2.05, 4.69) is 10.9 Å². The van der Waals surface area contributed by atoms with Crippen LogP contribution in [0.1, 0.15) is 20.7 Å². The predicted molar refractivity (Wildman–Crippen MR) is 99.0 cm³/mol. The van der Waals surface area contributed by atoms with Gasteiger partial charge in [-0.2, -0.15) is 0 Å². The Morgan fingerprint density at radius 1 is 0.741 bits per heavy atom. The molecule has 2 rings (SSSR count). The SMILES string of the molecule is COc1cc(OC)cc(C(=O)NNC(=O)c2cc(Cl)c(OC)c(OC)c2)c1. The molecule has 0 aliphatic rings. The Labute approximate surface area is 161 Å². The van der Waals surface area contributed by atoms with Gasteiger partial charge in [-0.15, -0.1) is 0 Å². The second-order valence-electron chi connectivity index (χ2n) is 5.20. The molecule has 0 aliphatic heterocycles. The fraction of sp³-hybridized carbons (Fsp3) is 0.222. The lowest BCUT2D eigenvalue weighted by atomic mass is 10.2. The second kappa shape index (κ2) is 9.00. The highest BCUT2D eigenvalue weighted by atomic mass is 35.5. The van der Waals surface area contributed by atoms with Gasteiger partial charge in [0.25, 0.3) is 11.8 Å². The summed E-state index contributed by atoms with van der Waals surface area (Å²) in [6.45, 7) is 0. The molecule has 0 aliphatic carbocycles. The van der Waals surface area contributed by atoms with E-state index < -0.39 is 11.8 Å². The van der Waals surface area contributed by atoms with Crippen molar-refractivity contribution in [2.45, 2.75) is 0 Å². The molecule has 2 N–H and O–H groups in total. The molecular weight excluding hydrogens is 376 g/mol. The number of rotatable bonds is 6. The van der Waals surface area contributed by atoms with Crippen molar-refractivity contribution in [3.05, 3.63) is 46.5 Å². The summed E-state index contributed by atoms with van der Waals surface area (Å²) in [5, 5.41) is 0.200. The van der Waals surface area contributed by atoms with Crippen molar-refractivity contribution in [3.8, 4) is 23.0 Å². The van der Waals surface area contributed by atoms with E-state index in [0.29, 0.717) is 23.0 Å². The van der Waals surface area contributed by atoms with Crippen LogP contribution in [-0.4, -0.2) is 40.3 Å². The maximum atomic E-state index is 12.3. The first-order valence-electron chi connectivity index (χ1n) is 7.68. The van der Waals surface area contributed by atoms with Crippen molar-refractivity contribution in [2.24, 2.45) is 0 Å². The zero-order valence-electron chi connectivity index (χ0n) is 15.2. The van der Waals surface area contributed by atoms with Crippen LogP contribution in [0.4, 0.5) is 0 Å². The van der Waals surface area contributed by atoms with Crippen LogP contribution in [0.3, 0.4) is 0 Å². The van der Waals surface area contributed by atoms with Gasteiger partial charge in [-0.3, -0.25) is 20.4 Å². The number of halogens is 1. The van der Waals surface area contributed by atoms with Gasteiger partial charge in [-0.1, -0.05) is 11.6 Å². The average Bonchev–Trinajstić information content (AvgIpc) is 2.70. The first-order valence-corrected chi connectivity index (χ1v) is 8.06. The summed E-state index contributed by atoms with van der Waals surface area (Å²) in [7, 11) is 5.80. The third kappa shape index (κ3) is 4.73. The van der Waals surface area contributed by atoms with E-state index in [4.69, 9.17) is 30.5 Å². The molecule has 27 heavy (non-hydrogen) atoms. The van der Waals surface area contributed by atoms with E-state index in [1.807, 2.05) is 0 Å². The minimum atomic E-state index is -0.582. The summed E-state index contributed by atoms with van der Waals surface area (Å²) < 4.78 is 20.5. The van der Waals surface area contributed by atoms with Gasteiger partial charge in [0.05, 0.1) is 33.5 Å². The molecule has 2 aromatic rings. The van der Waals surface area contributed by atoms with Crippen LogP contribution in [-0.2, 0) is 0 Å². The van der Waals surface area contributed by atoms with Crippen LogP contribution in [0, 0.1) is 0 Å². The van der Waals surface area contributed by atoms with Gasteiger partial charge in [0.1, 0.15) is 11.5 Å². The van der Waals surface area contributed by atoms with Crippen molar-refractivity contribution in [2.75, 3.05) is 28.4 Å². The number of ether oxygens (including phenoxy) is 4. The topological polar surface area (TPSA) is 95.1 Å². The van der Waals surface area contributed by atoms with Gasteiger partial charge in [-0.25, -0.2) is 0 Å². The maximum Gasteiger partial charge on any atom is 0.269 e. The fourth-order valence-corrected chi connectivity index (χ4v) is 2.53. The third-order valence-corrected chi connectivity index (χ3v) is 3.88. The van der Waals surface area contributed by atoms with Crippen molar-refractivity contribution in [1.82, 2.24) is 10.9 Å². The van der Waals surface area contributed by atoms with Crippen LogP contribution in [0.2, 0.25) is 5.02 Å². The Morgan fingerprint density at radius 2 is 1.26 bits per heavy atom. The van der Waals surface area contributed by atoms with Crippen molar-refractivity contribution in [1.29, 1.82) is 0 Å². The number of carbonyl (C=O) groups excluding carboxylic acids is 2. The minimum absolute atomic E-state index is 0.182. The summed E-state index contributed by atoms with van der Waals surface area (Å²) in [6, 6.07) is 7.50. The molecule has 0 atom stereocenters. The Morgan fingerprint density at radius 3 is 1.70 bits per heavy atom. The first kappa shape index (κ1) is 20.2. The zero-order valence-corrected chi connectivity index (χ0v) is 16.0. The minimum Gasteiger partial charge on any atom is -0.497 e. The van der Waals surface area contributed by atoms with Crippen LogP contribution in [0.15, 0.2) is 30.3 Å². The van der Waals surface area contributed by atoms with Crippen LogP contribution in [0.25, 0.3) is 0 Å². The third-order valence-electron chi connectivity index (χ3n) is 3.60. The lowest BCUT2D eigenvalue weighted by Gasteiger charge is -2.13. The van der Waals surface area contributed by atoms with E-state index in [9.17, 15) is 9.59 Å². The highest BCUT2D eigenvalue weighted by Crippen LogP contribution is 2.35. The quantitative estimate of drug-likeness (QED) is 0.731. The standard InChI is InChI=1S/C18H19ClN2O6/c1-24-12-5-10(6-13(9-12)25-2)17(22)20-21-18(23)11-7-14(19)16(27-4)15(8-11)26-3/h5-9H,1-4H3,(H,20,22)(H,21,23). The van der Waals surface area contributed by atoms with Crippen LogP contribution in [0.5, 0.6) is 23.0 Å². The number of hydrazine groups is 1. The summed E-state index contributed by atoms with van der Waals surface area (Å²) in [5.74, 6) is 0.352. The monoisotopic (exact) mass is 394 g/mol. The van der Waals surface area contributed by atoms with Gasteiger partial charge in [0.15, 0.2) is 11.5 Å². The van der Waals surface area contributed by atoms with Gasteiger partial charge < -0.3 is 18.9 Å². The molecule has 0 fully saturated rings. The van der Waals surface area contributed by atoms with E-state index in [1.165, 1.54) is 52.7 Å². The highest BCUT2D eigenvalue weighted by molar-refractivity contribution is 6.32. The number of hydrogen-bond acceptors (Lipinski definition) is 6. The summed E-state index contributed by atoms with van der Waals surface area (Å²) in [6.07, 6.45) is 0. The number of hydrogen-bond donors (Lipinski definition) is 2. The summed E-state index contributed by atoms with van der Waals surface area (Å²) in [5.41, 5.74) is 5.06. The number of carbonyl (C=O) groups is 2. The molecule has 9 heteroatoms. The molecule has 0 unspecified atom stereocenters. The fourth-order valence-electron chi connectivity index (χ4n) is 2.25. The van der Waals surface area contributed by atoms with Crippen molar-refractivity contribution >= 4 is 23.4 Å². The van der Waals surface area contributed by atoms with E-state index in [0.717, 1.165) is 0 Å². The first-order chi connectivity index (χ1) is 12.9. The molecule has 144 valence electrons. The number of nitrogens with one attached hydrogen (secondary N) is 2. The lowest BCUT2D eigenvalue weighted by molar-refractivity contribution is 0.0846. The average molecular weight is 395 g/mol. The molecule has 0 saturated carbocycles. The zero-order chi connectivity index (χ0) is 20.0. The molecule has 0 bridgehead atoms. The largest absolute Gasteiger partial charge is 0.497 e. The van der Waals surface area contributed by atoms with E-state index in [-0.39, 0.29) is 16.1 Å². The van der Waals surface area contributed by atoms with E-state index >= 15 is 0 Å². The number of amides is 2.